The van der Waals surface area contributed by atoms with Crippen LogP contribution in [0.4, 0.5) is 5.69 Å². The van der Waals surface area contributed by atoms with Crippen LogP contribution in [-0.2, 0) is 15.8 Å². The van der Waals surface area contributed by atoms with Crippen LogP contribution in [-0.4, -0.2) is 33.3 Å². The van der Waals surface area contributed by atoms with Crippen molar-refractivity contribution in [3.63, 3.8) is 0 Å². The Morgan fingerprint density at radius 2 is 1.69 bits per heavy atom. The Morgan fingerprint density at radius 1 is 1.07 bits per heavy atom. The fraction of sp³-hybridized carbons (Fsp3) is 0.364. The van der Waals surface area contributed by atoms with Crippen LogP contribution in [0, 0.1) is 13.8 Å². The summed E-state index contributed by atoms with van der Waals surface area (Å²) in [6, 6.07) is 7.87. The van der Waals surface area contributed by atoms with E-state index >= 15 is 0 Å². The Bertz CT molecular complexity index is 934. The van der Waals surface area contributed by atoms with E-state index in [2.05, 4.69) is 0 Å². The third-order valence-electron chi connectivity index (χ3n) is 5.31. The van der Waals surface area contributed by atoms with E-state index in [1.165, 1.54) is 18.2 Å². The molecule has 29 heavy (non-hydrogen) atoms. The molecule has 0 saturated heterocycles. The molecule has 0 aliphatic rings. The Balaban J connectivity index is 2.59. The van der Waals surface area contributed by atoms with E-state index in [1.807, 2.05) is 26.8 Å². The molecule has 7 heteroatoms. The predicted molar refractivity (Wildman–Crippen MR) is 110 cm³/mol. The first-order valence-corrected chi connectivity index (χ1v) is 9.17. The van der Waals surface area contributed by atoms with E-state index in [9.17, 15) is 24.9 Å². The molecule has 0 aliphatic heterocycles. The number of nitrogens with one attached hydrogen (secondary N) is 1. The summed E-state index contributed by atoms with van der Waals surface area (Å²) in [5, 5.41) is 30.3. The molecule has 2 rings (SSSR count). The zero-order valence-corrected chi connectivity index (χ0v) is 17.0. The molecular weight excluding hydrogens is 372 g/mol. The summed E-state index contributed by atoms with van der Waals surface area (Å²) in [6.45, 7) is 7.14. The second-order valence-electron chi connectivity index (χ2n) is 8.22. The predicted octanol–water partition coefficient (Wildman–Crippen LogP) is 3.65. The van der Waals surface area contributed by atoms with Gasteiger partial charge in [0.25, 0.3) is 0 Å². The quantitative estimate of drug-likeness (QED) is 0.559. The highest BCUT2D eigenvalue weighted by atomic mass is 16.4. The molecule has 7 nitrogen and oxygen atoms in total. The number of hydrogen-bond donors (Lipinski definition) is 4. The minimum absolute atomic E-state index is 0.0395. The van der Waals surface area contributed by atoms with Gasteiger partial charge in [-0.2, -0.15) is 0 Å². The number of aliphatic carboxylic acids is 1. The maximum Gasteiger partial charge on any atom is 0.335 e. The molecule has 0 fully saturated rings. The highest BCUT2D eigenvalue weighted by Gasteiger charge is 2.45. The lowest BCUT2D eigenvalue weighted by Gasteiger charge is -2.40. The summed E-state index contributed by atoms with van der Waals surface area (Å²) in [7, 11) is 0. The number of carbonyl (C=O) groups is 2. The van der Waals surface area contributed by atoms with Gasteiger partial charge in [-0.25, -0.2) is 4.79 Å². The van der Waals surface area contributed by atoms with Crippen molar-refractivity contribution >= 4 is 17.6 Å². The van der Waals surface area contributed by atoms with Crippen molar-refractivity contribution in [1.82, 2.24) is 0 Å². The Labute approximate surface area is 170 Å². The summed E-state index contributed by atoms with van der Waals surface area (Å²) in [5.41, 5.74) is 13.9. The van der Waals surface area contributed by atoms with E-state index < -0.39 is 29.0 Å². The first kappa shape index (κ1) is 22.4. The first-order chi connectivity index (χ1) is 13.3. The zero-order chi connectivity index (χ0) is 22.1. The maximum atomic E-state index is 11.7. The fourth-order valence-electron chi connectivity index (χ4n) is 3.72. The van der Waals surface area contributed by atoms with Crippen LogP contribution in [0.2, 0.25) is 0 Å². The average molecular weight is 399 g/mol. The number of carboxylic acid groups (broad SMARTS) is 2. The van der Waals surface area contributed by atoms with Gasteiger partial charge in [0.2, 0.25) is 0 Å². The number of carboxylic acids is 2. The van der Waals surface area contributed by atoms with Crippen LogP contribution in [0.1, 0.15) is 52.9 Å². The van der Waals surface area contributed by atoms with E-state index in [0.717, 1.165) is 11.1 Å². The fourth-order valence-corrected chi connectivity index (χ4v) is 3.72. The molecule has 2 unspecified atom stereocenters. The molecule has 156 valence electrons. The summed E-state index contributed by atoms with van der Waals surface area (Å²) in [5.74, 6) is -2.48. The summed E-state index contributed by atoms with van der Waals surface area (Å²) in [6.07, 6.45) is -0.0395. The summed E-state index contributed by atoms with van der Waals surface area (Å²) in [4.78, 5) is 23.0. The van der Waals surface area contributed by atoms with Crippen molar-refractivity contribution in [3.8, 4) is 0 Å². The van der Waals surface area contributed by atoms with Crippen LogP contribution < -0.4 is 5.73 Å². The third kappa shape index (κ3) is 4.58. The molecule has 2 aromatic rings. The molecule has 0 aliphatic carbocycles. The van der Waals surface area contributed by atoms with Gasteiger partial charge in [0.15, 0.2) is 0 Å². The second-order valence-corrected chi connectivity index (χ2v) is 8.22. The van der Waals surface area contributed by atoms with Crippen LogP contribution in [0.3, 0.4) is 0 Å². The van der Waals surface area contributed by atoms with E-state index in [0.29, 0.717) is 11.3 Å². The summed E-state index contributed by atoms with van der Waals surface area (Å²) >= 11 is 0. The van der Waals surface area contributed by atoms with Gasteiger partial charge in [-0.05, 0) is 48.4 Å². The largest absolute Gasteiger partial charge is 0.699 e. The number of rotatable bonds is 7. The SMILES string of the molecule is Cc1cc([NH-])cc(C(C)(C)CC(O)(c2ccc(C(=O)O)c(C)c2)C(N)C(=O)O)c1. The van der Waals surface area contributed by atoms with Gasteiger partial charge < -0.3 is 26.8 Å². The van der Waals surface area contributed by atoms with Gasteiger partial charge in [-0.1, -0.05) is 49.7 Å². The number of aliphatic hydroxyl groups is 1. The molecule has 0 heterocycles. The van der Waals surface area contributed by atoms with Crippen molar-refractivity contribution in [2.45, 2.75) is 51.2 Å². The molecule has 0 saturated carbocycles. The molecule has 2 aromatic carbocycles. The van der Waals surface area contributed by atoms with Gasteiger partial charge in [0.1, 0.15) is 11.6 Å². The van der Waals surface area contributed by atoms with Crippen LogP contribution in [0.25, 0.3) is 5.73 Å². The lowest BCUT2D eigenvalue weighted by atomic mass is 9.70. The highest BCUT2D eigenvalue weighted by Crippen LogP contribution is 2.41. The lowest BCUT2D eigenvalue weighted by Crippen LogP contribution is -2.53. The van der Waals surface area contributed by atoms with Crippen molar-refractivity contribution in [3.05, 3.63) is 69.9 Å². The number of hydrogen-bond acceptors (Lipinski definition) is 4. The first-order valence-electron chi connectivity index (χ1n) is 9.17. The summed E-state index contributed by atoms with van der Waals surface area (Å²) < 4.78 is 0. The van der Waals surface area contributed by atoms with Gasteiger partial charge in [0, 0.05) is 0 Å². The number of nitrogens with two attached hydrogens (primary N) is 1. The van der Waals surface area contributed by atoms with Gasteiger partial charge in [-0.3, -0.25) is 4.79 Å². The minimum atomic E-state index is -1.96. The molecule has 0 amide bonds. The van der Waals surface area contributed by atoms with Gasteiger partial charge >= 0.3 is 11.9 Å². The zero-order valence-electron chi connectivity index (χ0n) is 17.0. The monoisotopic (exact) mass is 399 g/mol. The number of aryl methyl sites for hydroxylation is 2. The Kier molecular flexibility index (Phi) is 6.06. The van der Waals surface area contributed by atoms with Crippen molar-refractivity contribution in [2.24, 2.45) is 5.73 Å². The second kappa shape index (κ2) is 7.85. The van der Waals surface area contributed by atoms with Gasteiger partial charge in [0.05, 0.1) is 5.56 Å². The standard InChI is InChI=1S/C22H27N2O5/c1-12-7-15(10-16(23)8-12)21(3,4)11-22(29,18(24)20(27)28)14-5-6-17(19(25)26)13(2)9-14/h5-10,18,23,29H,11,24H2,1-4H3,(H,25,26)(H,27,28)/q-1. The van der Waals surface area contributed by atoms with Crippen LogP contribution in [0.15, 0.2) is 36.4 Å². The average Bonchev–Trinajstić information content (AvgIpc) is 2.59. The molecule has 0 bridgehead atoms. The van der Waals surface area contributed by atoms with Crippen LogP contribution in [0.5, 0.6) is 0 Å². The minimum Gasteiger partial charge on any atom is -0.699 e. The molecule has 0 aromatic heterocycles. The number of benzene rings is 2. The maximum absolute atomic E-state index is 11.7. The topological polar surface area (TPSA) is 145 Å². The van der Waals surface area contributed by atoms with Gasteiger partial charge in [-0.15, -0.1) is 5.69 Å². The Morgan fingerprint density at radius 3 is 2.17 bits per heavy atom. The lowest BCUT2D eigenvalue weighted by molar-refractivity contribution is -0.147. The highest BCUT2D eigenvalue weighted by molar-refractivity contribution is 5.89. The Hall–Kier alpha value is -2.90. The molecule has 0 spiro atoms. The van der Waals surface area contributed by atoms with Crippen molar-refractivity contribution < 1.29 is 24.9 Å². The molecule has 2 atom stereocenters. The van der Waals surface area contributed by atoms with Crippen molar-refractivity contribution in [1.29, 1.82) is 0 Å². The van der Waals surface area contributed by atoms with E-state index in [4.69, 9.17) is 11.5 Å². The van der Waals surface area contributed by atoms with E-state index in [1.54, 1.807) is 19.1 Å². The van der Waals surface area contributed by atoms with Crippen LogP contribution >= 0.6 is 0 Å². The molecular formula is C22H27N2O5-. The normalized spacial score (nSPS) is 14.8. The molecule has 6 N–H and O–H groups in total. The smallest absolute Gasteiger partial charge is 0.335 e. The third-order valence-corrected chi connectivity index (χ3v) is 5.31. The molecule has 0 radical (unpaired) electrons. The number of aromatic carboxylic acids is 1. The van der Waals surface area contributed by atoms with Crippen molar-refractivity contribution in [2.75, 3.05) is 0 Å². The van der Waals surface area contributed by atoms with E-state index in [-0.39, 0.29) is 17.5 Å².